The zero-order valence-electron chi connectivity index (χ0n) is 20.3. The Morgan fingerprint density at radius 2 is 1.86 bits per heavy atom. The van der Waals surface area contributed by atoms with Gasteiger partial charge in [-0.15, -0.1) is 11.6 Å². The maximum Gasteiger partial charge on any atom is 0.407 e. The van der Waals surface area contributed by atoms with Gasteiger partial charge < -0.3 is 15.4 Å². The van der Waals surface area contributed by atoms with Gasteiger partial charge in [-0.3, -0.25) is 9.13 Å². The number of imidazole rings is 1. The predicted octanol–water partition coefficient (Wildman–Crippen LogP) is 4.50. The molecule has 0 unspecified atom stereocenters. The summed E-state index contributed by atoms with van der Waals surface area (Å²) in [4.78, 5) is 34.0. The maximum atomic E-state index is 13.5. The maximum absolute atomic E-state index is 13.5. The number of amides is 1. The van der Waals surface area contributed by atoms with Crippen molar-refractivity contribution in [2.45, 2.75) is 57.7 Å². The van der Waals surface area contributed by atoms with Gasteiger partial charge in [-0.1, -0.05) is 0 Å². The van der Waals surface area contributed by atoms with Crippen LogP contribution in [0.5, 0.6) is 0 Å². The minimum absolute atomic E-state index is 0.0547. The molecule has 2 aromatic heterocycles. The van der Waals surface area contributed by atoms with Crippen molar-refractivity contribution in [3.63, 3.8) is 0 Å². The fourth-order valence-corrected chi connectivity index (χ4v) is 4.41. The Balaban J connectivity index is 1.50. The number of nitrogens with one attached hydrogen (secondary N) is 2. The summed E-state index contributed by atoms with van der Waals surface area (Å²) >= 11 is 5.55. The summed E-state index contributed by atoms with van der Waals surface area (Å²) in [5.41, 5.74) is 1.49. The Labute approximate surface area is 213 Å². The first-order valence-corrected chi connectivity index (χ1v) is 12.6. The molecule has 1 aliphatic rings. The molecule has 1 aliphatic carbocycles. The van der Waals surface area contributed by atoms with E-state index in [0.717, 1.165) is 25.7 Å². The van der Waals surface area contributed by atoms with E-state index < -0.39 is 6.09 Å². The quantitative estimate of drug-likeness (QED) is 0.427. The predicted molar refractivity (Wildman–Crippen MR) is 136 cm³/mol. The molecule has 9 nitrogen and oxygen atoms in total. The van der Waals surface area contributed by atoms with E-state index in [-0.39, 0.29) is 42.1 Å². The molecule has 1 saturated carbocycles. The number of anilines is 1. The van der Waals surface area contributed by atoms with Crippen LogP contribution in [0.4, 0.5) is 15.1 Å². The zero-order valence-corrected chi connectivity index (χ0v) is 21.0. The largest absolute Gasteiger partial charge is 0.448 e. The van der Waals surface area contributed by atoms with Crippen LogP contribution < -0.4 is 16.3 Å². The molecule has 2 heterocycles. The van der Waals surface area contributed by atoms with Crippen molar-refractivity contribution >= 4 is 23.6 Å². The molecule has 0 aliphatic heterocycles. The lowest BCUT2D eigenvalue weighted by Gasteiger charge is -2.29. The van der Waals surface area contributed by atoms with Gasteiger partial charge in [-0.2, -0.15) is 0 Å². The van der Waals surface area contributed by atoms with Gasteiger partial charge in [0, 0.05) is 30.5 Å². The molecule has 192 valence electrons. The number of rotatable bonds is 8. The third kappa shape index (κ3) is 6.04. The van der Waals surface area contributed by atoms with Crippen molar-refractivity contribution in [2.75, 3.05) is 17.8 Å². The lowest BCUT2D eigenvalue weighted by atomic mass is 9.91. The van der Waals surface area contributed by atoms with Crippen LogP contribution in [0.15, 0.2) is 47.5 Å². The first-order chi connectivity index (χ1) is 17.4. The van der Waals surface area contributed by atoms with Crippen molar-refractivity contribution < 1.29 is 13.9 Å². The molecule has 1 fully saturated rings. The van der Waals surface area contributed by atoms with Gasteiger partial charge in [-0.25, -0.2) is 23.9 Å². The van der Waals surface area contributed by atoms with Gasteiger partial charge in [0.1, 0.15) is 12.4 Å². The molecule has 11 heteroatoms. The highest BCUT2D eigenvalue weighted by Gasteiger charge is 2.24. The summed E-state index contributed by atoms with van der Waals surface area (Å²) in [5, 5.41) is 6.26. The normalized spacial score (nSPS) is 17.7. The van der Waals surface area contributed by atoms with E-state index in [1.807, 2.05) is 13.8 Å². The first-order valence-electron chi connectivity index (χ1n) is 12.0. The van der Waals surface area contributed by atoms with Crippen molar-refractivity contribution in [2.24, 2.45) is 0 Å². The number of aromatic nitrogens is 4. The minimum Gasteiger partial charge on any atom is -0.448 e. The molecule has 1 amide bonds. The van der Waals surface area contributed by atoms with Crippen LogP contribution in [0.2, 0.25) is 0 Å². The van der Waals surface area contributed by atoms with Gasteiger partial charge in [0.15, 0.2) is 0 Å². The molecular formula is C25H30ClFN6O3. The molecule has 2 N–H and O–H groups in total. The van der Waals surface area contributed by atoms with Crippen molar-refractivity contribution in [3.05, 3.63) is 59.0 Å². The van der Waals surface area contributed by atoms with Crippen LogP contribution in [0.25, 0.3) is 17.1 Å². The van der Waals surface area contributed by atoms with Gasteiger partial charge >= 0.3 is 11.8 Å². The summed E-state index contributed by atoms with van der Waals surface area (Å²) in [5.74, 6) is 0.355. The second-order valence-electron chi connectivity index (χ2n) is 9.04. The van der Waals surface area contributed by atoms with Crippen LogP contribution in [-0.4, -0.2) is 49.8 Å². The third-order valence-electron chi connectivity index (χ3n) is 6.17. The number of hydrogen-bond donors (Lipinski definition) is 2. The molecule has 0 atom stereocenters. The van der Waals surface area contributed by atoms with E-state index in [4.69, 9.17) is 16.3 Å². The SMILES string of the molecule is CC(C)n1cc(-c2ccnc(NC3CCC(NC(=O)OCCCl)CC3)n2)n(-c2ccc(F)cc2)c1=O. The second kappa shape index (κ2) is 11.6. The average Bonchev–Trinajstić information content (AvgIpc) is 3.22. The van der Waals surface area contributed by atoms with E-state index in [1.165, 1.54) is 16.7 Å². The minimum atomic E-state index is -0.441. The van der Waals surface area contributed by atoms with Gasteiger partial charge in [-0.05, 0) is 69.9 Å². The number of ether oxygens (including phenoxy) is 1. The average molecular weight is 517 g/mol. The lowest BCUT2D eigenvalue weighted by Crippen LogP contribution is -2.40. The summed E-state index contributed by atoms with van der Waals surface area (Å²) in [7, 11) is 0. The molecule has 0 spiro atoms. The van der Waals surface area contributed by atoms with Crippen molar-refractivity contribution in [3.8, 4) is 17.1 Å². The van der Waals surface area contributed by atoms with Crippen LogP contribution in [0.3, 0.4) is 0 Å². The Hall–Kier alpha value is -3.40. The van der Waals surface area contributed by atoms with Gasteiger partial charge in [0.2, 0.25) is 5.95 Å². The fourth-order valence-electron chi connectivity index (χ4n) is 4.33. The van der Waals surface area contributed by atoms with E-state index in [2.05, 4.69) is 20.6 Å². The number of alkyl halides is 1. The number of alkyl carbamates (subject to hydrolysis) is 1. The van der Waals surface area contributed by atoms with Gasteiger partial charge in [0.25, 0.3) is 0 Å². The number of carbonyl (C=O) groups excluding carboxylic acids is 1. The summed E-state index contributed by atoms with van der Waals surface area (Å²) in [6.45, 7) is 4.04. The van der Waals surface area contributed by atoms with E-state index in [9.17, 15) is 14.0 Å². The van der Waals surface area contributed by atoms with E-state index in [1.54, 1.807) is 35.2 Å². The molecule has 0 radical (unpaired) electrons. The highest BCUT2D eigenvalue weighted by atomic mass is 35.5. The topological polar surface area (TPSA) is 103 Å². The molecule has 0 saturated heterocycles. The Kier molecular flexibility index (Phi) is 8.25. The van der Waals surface area contributed by atoms with Gasteiger partial charge in [0.05, 0.1) is 23.0 Å². The van der Waals surface area contributed by atoms with Crippen LogP contribution in [0.1, 0.15) is 45.6 Å². The number of nitrogens with zero attached hydrogens (tertiary/aromatic N) is 4. The van der Waals surface area contributed by atoms with E-state index >= 15 is 0 Å². The van der Waals surface area contributed by atoms with Crippen LogP contribution in [-0.2, 0) is 4.74 Å². The smallest absolute Gasteiger partial charge is 0.407 e. The number of benzene rings is 1. The highest BCUT2D eigenvalue weighted by molar-refractivity contribution is 6.18. The molecule has 1 aromatic carbocycles. The Morgan fingerprint density at radius 1 is 1.17 bits per heavy atom. The molecule has 3 aromatic rings. The summed E-state index contributed by atoms with van der Waals surface area (Å²) < 4.78 is 21.7. The number of hydrogen-bond acceptors (Lipinski definition) is 6. The number of halogens is 2. The standard InChI is InChI=1S/C25H30ClFN6O3/c1-16(2)32-15-22(33(25(32)35)20-9-3-17(27)4-10-20)21-11-13-28-23(31-21)29-18-5-7-19(8-6-18)30-24(34)36-14-12-26/h3-4,9-11,13,15-16,18-19H,5-8,12,14H2,1-2H3,(H,30,34)(H,28,29,31). The van der Waals surface area contributed by atoms with Crippen molar-refractivity contribution in [1.82, 2.24) is 24.4 Å². The fraction of sp³-hybridized carbons (Fsp3) is 0.440. The molecule has 4 rings (SSSR count). The third-order valence-corrected chi connectivity index (χ3v) is 6.32. The first kappa shape index (κ1) is 25.7. The molecule has 36 heavy (non-hydrogen) atoms. The Morgan fingerprint density at radius 3 is 2.53 bits per heavy atom. The van der Waals surface area contributed by atoms with Crippen LogP contribution in [0, 0.1) is 5.82 Å². The molecule has 0 bridgehead atoms. The number of carbonyl (C=O) groups is 1. The van der Waals surface area contributed by atoms with Crippen LogP contribution >= 0.6 is 11.6 Å². The second-order valence-corrected chi connectivity index (χ2v) is 9.42. The lowest BCUT2D eigenvalue weighted by molar-refractivity contribution is 0.145. The molecular weight excluding hydrogens is 487 g/mol. The summed E-state index contributed by atoms with van der Waals surface area (Å²) in [6, 6.07) is 7.69. The van der Waals surface area contributed by atoms with E-state index in [0.29, 0.717) is 23.0 Å². The monoisotopic (exact) mass is 516 g/mol. The summed E-state index contributed by atoms with van der Waals surface area (Å²) in [6.07, 6.45) is 6.24. The highest BCUT2D eigenvalue weighted by Crippen LogP contribution is 2.25. The Bertz CT molecular complexity index is 1240. The van der Waals surface area contributed by atoms with Crippen molar-refractivity contribution in [1.29, 1.82) is 0 Å². The zero-order chi connectivity index (χ0) is 25.7.